The van der Waals surface area contributed by atoms with Crippen molar-refractivity contribution in [1.82, 2.24) is 14.3 Å². The molecule has 1 amide bonds. The van der Waals surface area contributed by atoms with Crippen molar-refractivity contribution < 1.29 is 9.53 Å². The Balaban J connectivity index is 1.30. The monoisotopic (exact) mass is 451 g/mol. The van der Waals surface area contributed by atoms with Gasteiger partial charge in [-0.05, 0) is 24.6 Å². The Hall–Kier alpha value is -3.13. The van der Waals surface area contributed by atoms with E-state index in [1.165, 1.54) is 22.7 Å². The number of ether oxygens (including phenoxy) is 1. The molecule has 1 aliphatic heterocycles. The molecule has 0 radical (unpaired) electrons. The second-order valence-corrected chi connectivity index (χ2v) is 8.78. The average Bonchev–Trinajstić information content (AvgIpc) is 3.29. The van der Waals surface area contributed by atoms with Gasteiger partial charge in [0.15, 0.2) is 0 Å². The van der Waals surface area contributed by atoms with Crippen molar-refractivity contribution in [3.63, 3.8) is 0 Å². The predicted molar refractivity (Wildman–Crippen MR) is 129 cm³/mol. The number of aryl methyl sites for hydroxylation is 1. The van der Waals surface area contributed by atoms with Gasteiger partial charge in [0.1, 0.15) is 11.6 Å². The molecule has 2 heterocycles. The highest BCUT2D eigenvalue weighted by Gasteiger charge is 2.24. The van der Waals surface area contributed by atoms with Crippen LogP contribution in [-0.4, -0.2) is 67.0 Å². The highest BCUT2D eigenvalue weighted by molar-refractivity contribution is 7.09. The summed E-state index contributed by atoms with van der Waals surface area (Å²) < 4.78 is 9.96. The number of methoxy groups -OCH3 is 1. The highest BCUT2D eigenvalue weighted by atomic mass is 32.1. The molecular weight excluding hydrogens is 422 g/mol. The van der Waals surface area contributed by atoms with Crippen molar-refractivity contribution in [3.05, 3.63) is 65.5 Å². The molecule has 32 heavy (non-hydrogen) atoms. The van der Waals surface area contributed by atoms with Crippen LogP contribution < -0.4 is 14.5 Å². The molecule has 0 atom stereocenters. The molecule has 1 aromatic heterocycles. The van der Waals surface area contributed by atoms with Crippen LogP contribution in [0.15, 0.2) is 48.5 Å². The van der Waals surface area contributed by atoms with E-state index in [4.69, 9.17) is 4.74 Å². The molecule has 8 heteroatoms. The summed E-state index contributed by atoms with van der Waals surface area (Å²) in [5.74, 6) is 1.77. The predicted octanol–water partition coefficient (Wildman–Crippen LogP) is 3.23. The van der Waals surface area contributed by atoms with Crippen LogP contribution in [0.3, 0.4) is 0 Å². The van der Waals surface area contributed by atoms with Gasteiger partial charge >= 0.3 is 0 Å². The van der Waals surface area contributed by atoms with Gasteiger partial charge in [0.25, 0.3) is 0 Å². The maximum absolute atomic E-state index is 12.9. The Morgan fingerprint density at radius 1 is 1.09 bits per heavy atom. The van der Waals surface area contributed by atoms with Gasteiger partial charge in [-0.1, -0.05) is 42.0 Å². The Morgan fingerprint density at radius 3 is 2.53 bits per heavy atom. The zero-order valence-corrected chi connectivity index (χ0v) is 19.6. The van der Waals surface area contributed by atoms with Gasteiger partial charge in [-0.15, -0.1) is 0 Å². The van der Waals surface area contributed by atoms with E-state index in [9.17, 15) is 4.79 Å². The molecule has 2 aromatic carbocycles. The number of benzene rings is 2. The number of hydrogen-bond donors (Lipinski definition) is 0. The fraction of sp³-hybridized carbons (Fsp3) is 0.375. The summed E-state index contributed by atoms with van der Waals surface area (Å²) in [5.41, 5.74) is 3.50. The number of nitrogens with zero attached hydrogens (tertiary/aromatic N) is 5. The van der Waals surface area contributed by atoms with Gasteiger partial charge in [0, 0.05) is 51.2 Å². The number of carbonyl (C=O) groups excluding carboxylic acids is 1. The topological polar surface area (TPSA) is 61.8 Å². The Kier molecular flexibility index (Phi) is 6.90. The Labute approximate surface area is 193 Å². The van der Waals surface area contributed by atoms with E-state index >= 15 is 0 Å². The molecule has 0 aliphatic carbocycles. The number of piperazine rings is 1. The zero-order valence-electron chi connectivity index (χ0n) is 18.8. The third kappa shape index (κ3) is 5.19. The minimum absolute atomic E-state index is 0.113. The first-order valence-corrected chi connectivity index (χ1v) is 11.6. The zero-order chi connectivity index (χ0) is 22.5. The third-order valence-corrected chi connectivity index (χ3v) is 6.57. The standard InChI is InChI=1S/C24H29N5O2S/c1-18-8-10-19(11-9-18)16-22-25-24(32-26-22)27(2)17-23(30)29-14-12-28(13-15-29)20-6-4-5-7-21(20)31-3/h4-11H,12-17H2,1-3H3. The van der Waals surface area contributed by atoms with Gasteiger partial charge in [-0.3, -0.25) is 4.79 Å². The van der Waals surface area contributed by atoms with E-state index < -0.39 is 0 Å². The summed E-state index contributed by atoms with van der Waals surface area (Å²) in [6.07, 6.45) is 0.698. The molecule has 0 saturated carbocycles. The minimum Gasteiger partial charge on any atom is -0.495 e. The van der Waals surface area contributed by atoms with Gasteiger partial charge in [0.05, 0.1) is 19.3 Å². The fourth-order valence-electron chi connectivity index (χ4n) is 3.82. The summed E-state index contributed by atoms with van der Waals surface area (Å²) in [4.78, 5) is 23.6. The molecule has 0 N–H and O–H groups in total. The lowest BCUT2D eigenvalue weighted by molar-refractivity contribution is -0.129. The van der Waals surface area contributed by atoms with Crippen molar-refractivity contribution in [3.8, 4) is 5.75 Å². The SMILES string of the molecule is COc1ccccc1N1CCN(C(=O)CN(C)c2nc(Cc3ccc(C)cc3)ns2)CC1. The molecule has 4 rings (SSSR count). The van der Waals surface area contributed by atoms with E-state index in [2.05, 4.69) is 51.5 Å². The summed E-state index contributed by atoms with van der Waals surface area (Å²) in [6.45, 7) is 5.34. The number of para-hydroxylation sites is 2. The maximum Gasteiger partial charge on any atom is 0.242 e. The van der Waals surface area contributed by atoms with Crippen LogP contribution in [0.1, 0.15) is 17.0 Å². The summed E-state index contributed by atoms with van der Waals surface area (Å²) in [6, 6.07) is 16.4. The molecule has 0 spiro atoms. The number of amides is 1. The number of rotatable bonds is 7. The summed E-state index contributed by atoms with van der Waals surface area (Å²) in [7, 11) is 3.59. The Morgan fingerprint density at radius 2 is 1.81 bits per heavy atom. The van der Waals surface area contributed by atoms with Crippen molar-refractivity contribution in [1.29, 1.82) is 0 Å². The van der Waals surface area contributed by atoms with Crippen LogP contribution in [0.4, 0.5) is 10.8 Å². The largest absolute Gasteiger partial charge is 0.495 e. The first-order chi connectivity index (χ1) is 15.5. The van der Waals surface area contributed by atoms with Crippen LogP contribution in [0.25, 0.3) is 0 Å². The van der Waals surface area contributed by atoms with Crippen molar-refractivity contribution in [2.24, 2.45) is 0 Å². The first kappa shape index (κ1) is 22.1. The van der Waals surface area contributed by atoms with E-state index in [0.29, 0.717) is 26.1 Å². The third-order valence-electron chi connectivity index (χ3n) is 5.70. The molecule has 1 aliphatic rings. The van der Waals surface area contributed by atoms with E-state index in [0.717, 1.165) is 35.5 Å². The summed E-state index contributed by atoms with van der Waals surface area (Å²) >= 11 is 1.34. The van der Waals surface area contributed by atoms with Gasteiger partial charge < -0.3 is 19.4 Å². The maximum atomic E-state index is 12.9. The molecule has 7 nitrogen and oxygen atoms in total. The highest BCUT2D eigenvalue weighted by Crippen LogP contribution is 2.28. The lowest BCUT2D eigenvalue weighted by Crippen LogP contribution is -2.51. The number of likely N-dealkylation sites (N-methyl/N-ethyl adjacent to an activating group) is 1. The van der Waals surface area contributed by atoms with Crippen LogP contribution in [0.5, 0.6) is 5.75 Å². The van der Waals surface area contributed by atoms with E-state index in [-0.39, 0.29) is 5.91 Å². The molecule has 0 bridgehead atoms. The Bertz CT molecular complexity index is 1040. The smallest absolute Gasteiger partial charge is 0.242 e. The first-order valence-electron chi connectivity index (χ1n) is 10.8. The van der Waals surface area contributed by atoms with E-state index in [1.807, 2.05) is 35.0 Å². The molecule has 168 valence electrons. The number of hydrogen-bond acceptors (Lipinski definition) is 7. The van der Waals surface area contributed by atoms with Crippen molar-refractivity contribution in [2.75, 3.05) is 56.7 Å². The molecule has 1 fully saturated rings. The second-order valence-electron chi connectivity index (χ2n) is 8.05. The van der Waals surface area contributed by atoms with Crippen LogP contribution in [0.2, 0.25) is 0 Å². The van der Waals surface area contributed by atoms with Gasteiger partial charge in [-0.2, -0.15) is 4.37 Å². The van der Waals surface area contributed by atoms with Crippen LogP contribution >= 0.6 is 11.5 Å². The lowest BCUT2D eigenvalue weighted by Gasteiger charge is -2.37. The molecule has 1 saturated heterocycles. The second kappa shape index (κ2) is 9.99. The average molecular weight is 452 g/mol. The van der Waals surface area contributed by atoms with Crippen LogP contribution in [0, 0.1) is 6.92 Å². The number of aromatic nitrogens is 2. The van der Waals surface area contributed by atoms with Crippen molar-refractivity contribution >= 4 is 28.3 Å². The fourth-order valence-corrected chi connectivity index (χ4v) is 4.46. The van der Waals surface area contributed by atoms with Gasteiger partial charge in [0.2, 0.25) is 11.0 Å². The number of anilines is 2. The molecule has 0 unspecified atom stereocenters. The lowest BCUT2D eigenvalue weighted by atomic mass is 10.1. The summed E-state index contributed by atoms with van der Waals surface area (Å²) in [5, 5.41) is 0.771. The van der Waals surface area contributed by atoms with Crippen LogP contribution in [-0.2, 0) is 11.2 Å². The number of carbonyl (C=O) groups is 1. The normalized spacial score (nSPS) is 13.8. The molecule has 3 aromatic rings. The van der Waals surface area contributed by atoms with Crippen molar-refractivity contribution in [2.45, 2.75) is 13.3 Å². The van der Waals surface area contributed by atoms with Gasteiger partial charge in [-0.25, -0.2) is 4.98 Å². The van der Waals surface area contributed by atoms with E-state index in [1.54, 1.807) is 7.11 Å². The minimum atomic E-state index is 0.113. The molecular formula is C24H29N5O2S. The quantitative estimate of drug-likeness (QED) is 0.550.